The number of hydrogen-bond donors (Lipinski definition) is 1. The van der Waals surface area contributed by atoms with E-state index in [0.29, 0.717) is 28.7 Å². The number of amides is 1. The minimum atomic E-state index is -0.312. The zero-order valence-electron chi connectivity index (χ0n) is 13.9. The van der Waals surface area contributed by atoms with E-state index in [1.807, 2.05) is 24.3 Å². The number of rotatable bonds is 7. The van der Waals surface area contributed by atoms with Gasteiger partial charge in [0.2, 0.25) is 5.13 Å². The molecule has 1 N–H and O–H groups in total. The molecular formula is C18H16ClN3O3S. The van der Waals surface area contributed by atoms with Gasteiger partial charge in [-0.25, -0.2) is 0 Å². The highest BCUT2D eigenvalue weighted by molar-refractivity contribution is 7.15. The van der Waals surface area contributed by atoms with Crippen LogP contribution in [0.25, 0.3) is 0 Å². The number of anilines is 1. The fourth-order valence-corrected chi connectivity index (χ4v) is 3.08. The minimum Gasteiger partial charge on any atom is -0.497 e. The number of methoxy groups -OCH3 is 1. The summed E-state index contributed by atoms with van der Waals surface area (Å²) in [5.74, 6) is 1.22. The van der Waals surface area contributed by atoms with Gasteiger partial charge in [0.25, 0.3) is 5.91 Å². The van der Waals surface area contributed by atoms with E-state index >= 15 is 0 Å². The van der Waals surface area contributed by atoms with E-state index in [4.69, 9.17) is 21.1 Å². The Morgan fingerprint density at radius 3 is 2.58 bits per heavy atom. The zero-order chi connectivity index (χ0) is 18.4. The van der Waals surface area contributed by atoms with Crippen molar-refractivity contribution in [1.29, 1.82) is 0 Å². The molecule has 0 fully saturated rings. The van der Waals surface area contributed by atoms with Crippen molar-refractivity contribution >= 4 is 34.0 Å². The maximum absolute atomic E-state index is 12.2. The third-order valence-corrected chi connectivity index (χ3v) is 4.68. The lowest BCUT2D eigenvalue weighted by Crippen LogP contribution is -2.12. The normalized spacial score (nSPS) is 10.4. The third-order valence-electron chi connectivity index (χ3n) is 3.45. The number of carbonyl (C=O) groups is 1. The molecular weight excluding hydrogens is 374 g/mol. The van der Waals surface area contributed by atoms with Crippen molar-refractivity contribution in [3.63, 3.8) is 0 Å². The number of carbonyl (C=O) groups excluding carboxylic acids is 1. The van der Waals surface area contributed by atoms with Gasteiger partial charge in [-0.15, -0.1) is 10.2 Å². The van der Waals surface area contributed by atoms with Crippen LogP contribution < -0.4 is 14.8 Å². The topological polar surface area (TPSA) is 73.3 Å². The van der Waals surface area contributed by atoms with Gasteiger partial charge in [-0.2, -0.15) is 0 Å². The molecule has 1 heterocycles. The molecule has 0 bridgehead atoms. The number of ether oxygens (including phenoxy) is 2. The molecule has 0 aliphatic heterocycles. The second-order valence-corrected chi connectivity index (χ2v) is 6.68. The van der Waals surface area contributed by atoms with E-state index in [1.54, 1.807) is 31.4 Å². The molecule has 3 aromatic rings. The third kappa shape index (κ3) is 4.71. The van der Waals surface area contributed by atoms with E-state index in [0.717, 1.165) is 16.5 Å². The molecule has 8 heteroatoms. The van der Waals surface area contributed by atoms with Gasteiger partial charge >= 0.3 is 0 Å². The van der Waals surface area contributed by atoms with E-state index in [2.05, 4.69) is 15.5 Å². The quantitative estimate of drug-likeness (QED) is 0.659. The summed E-state index contributed by atoms with van der Waals surface area (Å²) in [6.07, 6.45) is 0.589. The van der Waals surface area contributed by atoms with Gasteiger partial charge in [0.05, 0.1) is 24.3 Å². The summed E-state index contributed by atoms with van der Waals surface area (Å²) in [5.41, 5.74) is 0.397. The predicted octanol–water partition coefficient (Wildman–Crippen LogP) is 4.07. The summed E-state index contributed by atoms with van der Waals surface area (Å²) in [7, 11) is 1.62. The van der Waals surface area contributed by atoms with Crippen LogP contribution in [-0.4, -0.2) is 29.8 Å². The van der Waals surface area contributed by atoms with Crippen LogP contribution in [0.1, 0.15) is 15.4 Å². The molecule has 2 aromatic carbocycles. The fraction of sp³-hybridized carbons (Fsp3) is 0.167. The lowest BCUT2D eigenvalue weighted by atomic mass is 10.2. The smallest absolute Gasteiger partial charge is 0.259 e. The molecule has 0 spiro atoms. The molecule has 26 heavy (non-hydrogen) atoms. The SMILES string of the molecule is COc1ccc(OCCc2nnc(NC(=O)c3ccccc3Cl)s2)cc1. The minimum absolute atomic E-state index is 0.312. The molecule has 1 aromatic heterocycles. The van der Waals surface area contributed by atoms with Crippen LogP contribution in [0.5, 0.6) is 11.5 Å². The van der Waals surface area contributed by atoms with E-state index in [1.165, 1.54) is 11.3 Å². The Bertz CT molecular complexity index is 883. The van der Waals surface area contributed by atoms with Crippen LogP contribution in [0, 0.1) is 0 Å². The van der Waals surface area contributed by atoms with E-state index < -0.39 is 0 Å². The first-order valence-electron chi connectivity index (χ1n) is 7.81. The Kier molecular flexibility index (Phi) is 6.04. The monoisotopic (exact) mass is 389 g/mol. The number of benzene rings is 2. The van der Waals surface area contributed by atoms with Crippen molar-refractivity contribution in [3.05, 3.63) is 64.1 Å². The van der Waals surface area contributed by atoms with E-state index in [9.17, 15) is 4.79 Å². The van der Waals surface area contributed by atoms with Gasteiger partial charge in [0.1, 0.15) is 16.5 Å². The van der Waals surface area contributed by atoms with Crippen LogP contribution >= 0.6 is 22.9 Å². The van der Waals surface area contributed by atoms with Crippen LogP contribution in [0.4, 0.5) is 5.13 Å². The van der Waals surface area contributed by atoms with Crippen LogP contribution in [-0.2, 0) is 6.42 Å². The standard InChI is InChI=1S/C18H16ClN3O3S/c1-24-12-6-8-13(9-7-12)25-11-10-16-21-22-18(26-16)20-17(23)14-4-2-3-5-15(14)19/h2-9H,10-11H2,1H3,(H,20,22,23). The summed E-state index contributed by atoms with van der Waals surface area (Å²) in [6.45, 7) is 0.458. The van der Waals surface area contributed by atoms with Gasteiger partial charge in [-0.1, -0.05) is 35.1 Å². The maximum atomic E-state index is 12.2. The highest BCUT2D eigenvalue weighted by Gasteiger charge is 2.12. The van der Waals surface area contributed by atoms with Gasteiger partial charge in [0.15, 0.2) is 0 Å². The maximum Gasteiger partial charge on any atom is 0.259 e. The first kappa shape index (κ1) is 18.2. The second-order valence-electron chi connectivity index (χ2n) is 5.21. The average Bonchev–Trinajstić information content (AvgIpc) is 3.10. The largest absolute Gasteiger partial charge is 0.497 e. The summed E-state index contributed by atoms with van der Waals surface area (Å²) in [4.78, 5) is 12.2. The Morgan fingerprint density at radius 2 is 1.85 bits per heavy atom. The highest BCUT2D eigenvalue weighted by atomic mass is 35.5. The molecule has 6 nitrogen and oxygen atoms in total. The molecule has 134 valence electrons. The van der Waals surface area contributed by atoms with Crippen LogP contribution in [0.3, 0.4) is 0 Å². The predicted molar refractivity (Wildman–Crippen MR) is 102 cm³/mol. The molecule has 0 aliphatic carbocycles. The number of aromatic nitrogens is 2. The molecule has 0 saturated carbocycles. The highest BCUT2D eigenvalue weighted by Crippen LogP contribution is 2.21. The Balaban J connectivity index is 1.51. The number of nitrogens with one attached hydrogen (secondary N) is 1. The number of hydrogen-bond acceptors (Lipinski definition) is 6. The molecule has 1 amide bonds. The Morgan fingerprint density at radius 1 is 1.12 bits per heavy atom. The molecule has 0 unspecified atom stereocenters. The van der Waals surface area contributed by atoms with Gasteiger partial charge in [-0.3, -0.25) is 10.1 Å². The zero-order valence-corrected chi connectivity index (χ0v) is 15.5. The summed E-state index contributed by atoms with van der Waals surface area (Å²) >= 11 is 7.32. The van der Waals surface area contributed by atoms with Gasteiger partial charge in [-0.05, 0) is 36.4 Å². The second kappa shape index (κ2) is 8.64. The van der Waals surface area contributed by atoms with Crippen molar-refractivity contribution in [1.82, 2.24) is 10.2 Å². The Labute approximate surface area is 159 Å². The van der Waals surface area contributed by atoms with Crippen molar-refractivity contribution in [2.75, 3.05) is 19.0 Å². The molecule has 0 saturated heterocycles. The van der Waals surface area contributed by atoms with Crippen molar-refractivity contribution in [2.45, 2.75) is 6.42 Å². The summed E-state index contributed by atoms with van der Waals surface area (Å²) < 4.78 is 10.8. The molecule has 0 aliphatic rings. The number of halogens is 1. The van der Waals surface area contributed by atoms with Crippen LogP contribution in [0.15, 0.2) is 48.5 Å². The first-order valence-corrected chi connectivity index (χ1v) is 9.00. The number of nitrogens with zero attached hydrogens (tertiary/aromatic N) is 2. The van der Waals surface area contributed by atoms with Crippen molar-refractivity contribution in [3.8, 4) is 11.5 Å². The van der Waals surface area contributed by atoms with Crippen molar-refractivity contribution in [2.24, 2.45) is 0 Å². The Hall–Kier alpha value is -2.64. The first-order chi connectivity index (χ1) is 12.7. The van der Waals surface area contributed by atoms with Crippen molar-refractivity contribution < 1.29 is 14.3 Å². The van der Waals surface area contributed by atoms with E-state index in [-0.39, 0.29) is 5.91 Å². The lowest BCUT2D eigenvalue weighted by molar-refractivity contribution is 0.102. The fourth-order valence-electron chi connectivity index (χ4n) is 2.14. The van der Waals surface area contributed by atoms with Gasteiger partial charge in [0, 0.05) is 6.42 Å². The molecule has 3 rings (SSSR count). The van der Waals surface area contributed by atoms with Crippen LogP contribution in [0.2, 0.25) is 5.02 Å². The molecule has 0 radical (unpaired) electrons. The summed E-state index contributed by atoms with van der Waals surface area (Å²) in [6, 6.07) is 14.2. The molecule has 0 atom stereocenters. The average molecular weight is 390 g/mol. The van der Waals surface area contributed by atoms with Gasteiger partial charge < -0.3 is 9.47 Å². The lowest BCUT2D eigenvalue weighted by Gasteiger charge is -2.05. The summed E-state index contributed by atoms with van der Waals surface area (Å²) in [5, 5.41) is 12.3.